The van der Waals surface area contributed by atoms with E-state index < -0.39 is 32.3 Å². The van der Waals surface area contributed by atoms with Crippen LogP contribution in [0.3, 0.4) is 0 Å². The average Bonchev–Trinajstić information content (AvgIpc) is 2.55. The monoisotopic (exact) mass is 446 g/mol. The average molecular weight is 448 g/mol. The summed E-state index contributed by atoms with van der Waals surface area (Å²) in [6.45, 7) is 0. The molecule has 3 rings (SSSR count). The third kappa shape index (κ3) is 3.74. The van der Waals surface area contributed by atoms with Gasteiger partial charge in [0.15, 0.2) is 11.4 Å². The number of fused-ring (bicyclic) bond motifs is 1. The third-order valence-corrected chi connectivity index (χ3v) is 5.75. The van der Waals surface area contributed by atoms with Crippen LogP contribution in [0.4, 0.5) is 5.69 Å². The number of benzene rings is 2. The van der Waals surface area contributed by atoms with Crippen LogP contribution >= 0.6 is 34.8 Å². The van der Waals surface area contributed by atoms with E-state index in [9.17, 15) is 23.4 Å². The van der Waals surface area contributed by atoms with Crippen molar-refractivity contribution in [1.82, 2.24) is 4.98 Å². The van der Waals surface area contributed by atoms with Crippen molar-refractivity contribution < 1.29 is 23.4 Å². The molecular weight excluding hydrogens is 439 g/mol. The molecule has 0 atom stereocenters. The highest BCUT2D eigenvalue weighted by molar-refractivity contribution is 7.92. The van der Waals surface area contributed by atoms with E-state index in [0.29, 0.717) is 0 Å². The predicted molar refractivity (Wildman–Crippen MR) is 103 cm³/mol. The van der Waals surface area contributed by atoms with Crippen molar-refractivity contribution in [1.29, 1.82) is 0 Å². The molecule has 0 amide bonds. The van der Waals surface area contributed by atoms with Gasteiger partial charge in [0.25, 0.3) is 10.0 Å². The number of sulfonamides is 1. The number of carbonyl (C=O) groups is 1. The van der Waals surface area contributed by atoms with E-state index in [4.69, 9.17) is 34.8 Å². The van der Waals surface area contributed by atoms with Crippen molar-refractivity contribution in [3.8, 4) is 5.75 Å². The SMILES string of the molecule is O=C(O)c1cc(NS(=O)(=O)c2cccc(Cl)c2O)c2c(Cl)cc(Cl)cc2n1. The van der Waals surface area contributed by atoms with Crippen LogP contribution in [-0.4, -0.2) is 29.6 Å². The summed E-state index contributed by atoms with van der Waals surface area (Å²) < 4.78 is 27.6. The number of nitrogens with one attached hydrogen (secondary N) is 1. The maximum atomic E-state index is 12.7. The Morgan fingerprint density at radius 1 is 1.07 bits per heavy atom. The van der Waals surface area contributed by atoms with Gasteiger partial charge < -0.3 is 10.2 Å². The van der Waals surface area contributed by atoms with Gasteiger partial charge in [-0.25, -0.2) is 18.2 Å². The Morgan fingerprint density at radius 3 is 2.44 bits per heavy atom. The smallest absolute Gasteiger partial charge is 0.354 e. The van der Waals surface area contributed by atoms with Gasteiger partial charge in [0, 0.05) is 10.4 Å². The molecule has 0 aliphatic heterocycles. The second-order valence-electron chi connectivity index (χ2n) is 5.33. The predicted octanol–water partition coefficient (Wildman–Crippen LogP) is 4.40. The number of rotatable bonds is 4. The fourth-order valence-corrected chi connectivity index (χ4v) is 4.39. The van der Waals surface area contributed by atoms with E-state index in [2.05, 4.69) is 9.71 Å². The number of carboxylic acids is 1. The van der Waals surface area contributed by atoms with E-state index in [-0.39, 0.29) is 31.7 Å². The number of phenols is 1. The molecule has 2 aromatic carbocycles. The van der Waals surface area contributed by atoms with Crippen molar-refractivity contribution in [3.63, 3.8) is 0 Å². The zero-order valence-electron chi connectivity index (χ0n) is 13.1. The minimum atomic E-state index is -4.32. The minimum absolute atomic E-state index is 0.0648. The van der Waals surface area contributed by atoms with Crippen LogP contribution in [0.25, 0.3) is 10.9 Å². The Bertz CT molecular complexity index is 1200. The Morgan fingerprint density at radius 2 is 1.78 bits per heavy atom. The van der Waals surface area contributed by atoms with Crippen LogP contribution in [-0.2, 0) is 10.0 Å². The number of carboxylic acid groups (broad SMARTS) is 1. The second kappa shape index (κ2) is 7.05. The molecule has 140 valence electrons. The summed E-state index contributed by atoms with van der Waals surface area (Å²) in [6.07, 6.45) is 0. The van der Waals surface area contributed by atoms with Gasteiger partial charge in [0.1, 0.15) is 4.90 Å². The first kappa shape index (κ1) is 19.5. The summed E-state index contributed by atoms with van der Waals surface area (Å²) in [7, 11) is -4.32. The van der Waals surface area contributed by atoms with E-state index in [1.807, 2.05) is 0 Å². The number of hydrogen-bond donors (Lipinski definition) is 3. The molecule has 27 heavy (non-hydrogen) atoms. The largest absolute Gasteiger partial charge is 0.505 e. The van der Waals surface area contributed by atoms with Gasteiger partial charge in [-0.3, -0.25) is 4.72 Å². The molecule has 0 aliphatic rings. The molecule has 1 heterocycles. The van der Waals surface area contributed by atoms with Crippen LogP contribution in [0.15, 0.2) is 41.3 Å². The molecular formula is C16H9Cl3N2O5S. The standard InChI is InChI=1S/C16H9Cl3N2O5S/c17-7-4-9(19)14-10(5-7)20-12(16(23)24)6-11(14)21-27(25,26)13-3-1-2-8(18)15(13)22/h1-6,22H,(H,20,21)(H,23,24). The fourth-order valence-electron chi connectivity index (χ4n) is 2.39. The quantitative estimate of drug-likeness (QED) is 0.546. The number of hydrogen-bond acceptors (Lipinski definition) is 5. The van der Waals surface area contributed by atoms with Crippen molar-refractivity contribution in [2.45, 2.75) is 4.90 Å². The molecule has 0 saturated carbocycles. The number of halogens is 3. The van der Waals surface area contributed by atoms with E-state index >= 15 is 0 Å². The number of anilines is 1. The molecule has 0 bridgehead atoms. The zero-order chi connectivity index (χ0) is 19.9. The molecule has 3 aromatic rings. The van der Waals surface area contributed by atoms with Crippen LogP contribution in [0.1, 0.15) is 10.5 Å². The highest BCUT2D eigenvalue weighted by Gasteiger charge is 2.23. The molecule has 0 spiro atoms. The van der Waals surface area contributed by atoms with Gasteiger partial charge in [-0.15, -0.1) is 0 Å². The lowest BCUT2D eigenvalue weighted by Crippen LogP contribution is -2.15. The normalized spacial score (nSPS) is 11.5. The Hall–Kier alpha value is -2.26. The molecule has 0 saturated heterocycles. The maximum absolute atomic E-state index is 12.7. The summed E-state index contributed by atoms with van der Waals surface area (Å²) in [5.41, 5.74) is -0.479. The van der Waals surface area contributed by atoms with Gasteiger partial charge >= 0.3 is 5.97 Å². The zero-order valence-corrected chi connectivity index (χ0v) is 16.2. The van der Waals surface area contributed by atoms with Gasteiger partial charge in [-0.1, -0.05) is 40.9 Å². The number of para-hydroxylation sites is 1. The van der Waals surface area contributed by atoms with Gasteiger partial charge in [-0.05, 0) is 30.3 Å². The molecule has 3 N–H and O–H groups in total. The topological polar surface area (TPSA) is 117 Å². The van der Waals surface area contributed by atoms with Gasteiger partial charge in [-0.2, -0.15) is 0 Å². The van der Waals surface area contributed by atoms with Crippen LogP contribution < -0.4 is 4.72 Å². The van der Waals surface area contributed by atoms with E-state index in [1.54, 1.807) is 0 Å². The summed E-state index contributed by atoms with van der Waals surface area (Å²) in [4.78, 5) is 14.8. The Labute approximate surface area is 168 Å². The van der Waals surface area contributed by atoms with Crippen molar-refractivity contribution >= 4 is 67.4 Å². The summed E-state index contributed by atoms with van der Waals surface area (Å²) in [5.74, 6) is -2.02. The molecule has 7 nitrogen and oxygen atoms in total. The van der Waals surface area contributed by atoms with Crippen LogP contribution in [0, 0.1) is 0 Å². The van der Waals surface area contributed by atoms with E-state index in [1.165, 1.54) is 24.3 Å². The summed E-state index contributed by atoms with van der Waals surface area (Å²) in [6, 6.07) is 7.54. The molecule has 0 aliphatic carbocycles. The molecule has 0 radical (unpaired) electrons. The number of phenolic OH excluding ortho intramolecular Hbond substituents is 1. The number of aromatic carboxylic acids is 1. The van der Waals surface area contributed by atoms with Crippen LogP contribution in [0.2, 0.25) is 15.1 Å². The minimum Gasteiger partial charge on any atom is -0.505 e. The lowest BCUT2D eigenvalue weighted by atomic mass is 10.1. The maximum Gasteiger partial charge on any atom is 0.354 e. The number of aromatic nitrogens is 1. The Balaban J connectivity index is 2.24. The lowest BCUT2D eigenvalue weighted by molar-refractivity contribution is 0.0691. The van der Waals surface area contributed by atoms with Gasteiger partial charge in [0.05, 0.1) is 21.2 Å². The first-order valence-electron chi connectivity index (χ1n) is 7.13. The van der Waals surface area contributed by atoms with Crippen LogP contribution in [0.5, 0.6) is 5.75 Å². The third-order valence-electron chi connectivity index (χ3n) is 3.53. The molecule has 0 fully saturated rings. The van der Waals surface area contributed by atoms with Crippen molar-refractivity contribution in [2.24, 2.45) is 0 Å². The first-order valence-corrected chi connectivity index (χ1v) is 9.75. The highest BCUT2D eigenvalue weighted by atomic mass is 35.5. The van der Waals surface area contributed by atoms with E-state index in [0.717, 1.165) is 12.1 Å². The number of aromatic hydroxyl groups is 1. The Kier molecular flexibility index (Phi) is 5.09. The molecule has 1 aromatic heterocycles. The fraction of sp³-hybridized carbons (Fsp3) is 0. The summed E-state index contributed by atoms with van der Waals surface area (Å²) in [5, 5.41) is 19.5. The molecule has 0 unspecified atom stereocenters. The second-order valence-corrected chi connectivity index (χ2v) is 8.24. The number of pyridine rings is 1. The lowest BCUT2D eigenvalue weighted by Gasteiger charge is -2.14. The van der Waals surface area contributed by atoms with Crippen molar-refractivity contribution in [3.05, 3.63) is 57.2 Å². The van der Waals surface area contributed by atoms with Crippen molar-refractivity contribution in [2.75, 3.05) is 4.72 Å². The summed E-state index contributed by atoms with van der Waals surface area (Å²) >= 11 is 17.8. The number of nitrogens with zero attached hydrogens (tertiary/aromatic N) is 1. The highest BCUT2D eigenvalue weighted by Crippen LogP contribution is 2.36. The first-order chi connectivity index (χ1) is 12.6. The molecule has 11 heteroatoms. The van der Waals surface area contributed by atoms with Gasteiger partial charge in [0.2, 0.25) is 0 Å².